The fourth-order valence-corrected chi connectivity index (χ4v) is 1.75. The van der Waals surface area contributed by atoms with Crippen LogP contribution in [0.3, 0.4) is 0 Å². The molecular weight excluding hydrogens is 256 g/mol. The van der Waals surface area contributed by atoms with Gasteiger partial charge >= 0.3 is 0 Å². The first-order valence-corrected chi connectivity index (χ1v) is 6.61. The summed E-state index contributed by atoms with van der Waals surface area (Å²) in [6.07, 6.45) is 2.86. The van der Waals surface area contributed by atoms with E-state index in [4.69, 9.17) is 23.8 Å². The number of aryl methyl sites for hydroxylation is 1. The highest BCUT2D eigenvalue weighted by Crippen LogP contribution is 2.13. The van der Waals surface area contributed by atoms with Gasteiger partial charge in [-0.1, -0.05) is 18.5 Å². The van der Waals surface area contributed by atoms with Crippen LogP contribution in [0.1, 0.15) is 32.9 Å². The lowest BCUT2D eigenvalue weighted by Crippen LogP contribution is -2.39. The maximum absolute atomic E-state index is 6.05. The van der Waals surface area contributed by atoms with Gasteiger partial charge < -0.3 is 10.6 Å². The number of nitrogens with zero attached hydrogens (tertiary/aromatic N) is 2. The smallest absolute Gasteiger partial charge is 0.166 e. The van der Waals surface area contributed by atoms with Crippen molar-refractivity contribution in [2.75, 3.05) is 0 Å². The third kappa shape index (κ3) is 4.52. The molecule has 1 unspecified atom stereocenters. The van der Waals surface area contributed by atoms with Gasteiger partial charge in [-0.2, -0.15) is 5.10 Å². The highest BCUT2D eigenvalue weighted by molar-refractivity contribution is 7.80. The maximum Gasteiger partial charge on any atom is 0.166 e. The predicted octanol–water partition coefficient (Wildman–Crippen LogP) is 2.32. The number of aromatic nitrogens is 2. The van der Waals surface area contributed by atoms with E-state index in [0.29, 0.717) is 22.7 Å². The van der Waals surface area contributed by atoms with E-state index < -0.39 is 0 Å². The van der Waals surface area contributed by atoms with Crippen molar-refractivity contribution in [3.63, 3.8) is 0 Å². The first kappa shape index (κ1) is 14.3. The Balaban J connectivity index is 2.44. The third-order valence-electron chi connectivity index (χ3n) is 2.52. The van der Waals surface area contributed by atoms with E-state index in [1.807, 2.05) is 17.8 Å². The average Bonchev–Trinajstić information content (AvgIpc) is 2.67. The summed E-state index contributed by atoms with van der Waals surface area (Å²) in [4.78, 5) is 0. The van der Waals surface area contributed by atoms with Crippen LogP contribution in [0.5, 0.6) is 0 Å². The summed E-state index contributed by atoms with van der Waals surface area (Å²) in [6, 6.07) is 0.374. The monoisotopic (exact) mass is 274 g/mol. The second-order valence-corrected chi connectivity index (χ2v) is 4.73. The van der Waals surface area contributed by atoms with Crippen molar-refractivity contribution in [3.8, 4) is 0 Å². The molecule has 0 aliphatic heterocycles. The Hall–Kier alpha value is -0.810. The standard InChI is InChI=1S/C11H19ClN4S/c1-4-8(3)14-11(17)13-6-10-9(12)7-16(5-2)15-10/h7-8H,4-6H2,1-3H3,(H2,13,14,17). The summed E-state index contributed by atoms with van der Waals surface area (Å²) in [5.41, 5.74) is 0.821. The molecule has 4 nitrogen and oxygen atoms in total. The SMILES string of the molecule is CCC(C)NC(=S)NCc1nn(CC)cc1Cl. The van der Waals surface area contributed by atoms with E-state index >= 15 is 0 Å². The highest BCUT2D eigenvalue weighted by Gasteiger charge is 2.07. The Morgan fingerprint density at radius 2 is 2.29 bits per heavy atom. The number of nitrogens with one attached hydrogen (secondary N) is 2. The largest absolute Gasteiger partial charge is 0.360 e. The summed E-state index contributed by atoms with van der Waals surface area (Å²) in [6.45, 7) is 7.59. The van der Waals surface area contributed by atoms with Gasteiger partial charge in [0.2, 0.25) is 0 Å². The normalized spacial score (nSPS) is 12.2. The zero-order valence-corrected chi connectivity index (χ0v) is 12.0. The zero-order chi connectivity index (χ0) is 12.8. The molecule has 1 aromatic heterocycles. The quantitative estimate of drug-likeness (QED) is 0.809. The van der Waals surface area contributed by atoms with Gasteiger partial charge in [-0.15, -0.1) is 0 Å². The first-order chi connectivity index (χ1) is 8.06. The van der Waals surface area contributed by atoms with E-state index in [-0.39, 0.29) is 0 Å². The van der Waals surface area contributed by atoms with Crippen molar-refractivity contribution in [1.29, 1.82) is 0 Å². The van der Waals surface area contributed by atoms with Crippen LogP contribution in [0.15, 0.2) is 6.20 Å². The van der Waals surface area contributed by atoms with E-state index in [2.05, 4.69) is 29.6 Å². The number of hydrogen-bond donors (Lipinski definition) is 2. The second kappa shape index (κ2) is 6.81. The van der Waals surface area contributed by atoms with Gasteiger partial charge in [-0.25, -0.2) is 0 Å². The van der Waals surface area contributed by atoms with Gasteiger partial charge in [0.15, 0.2) is 5.11 Å². The van der Waals surface area contributed by atoms with Crippen LogP contribution >= 0.6 is 23.8 Å². The lowest BCUT2D eigenvalue weighted by molar-refractivity contribution is 0.623. The molecule has 0 aliphatic carbocycles. The minimum absolute atomic E-state index is 0.374. The van der Waals surface area contributed by atoms with Gasteiger partial charge in [0.05, 0.1) is 11.6 Å². The van der Waals surface area contributed by atoms with Crippen molar-refractivity contribution >= 4 is 28.9 Å². The molecule has 1 rings (SSSR count). The number of halogens is 1. The van der Waals surface area contributed by atoms with Crippen LogP contribution in [0, 0.1) is 0 Å². The van der Waals surface area contributed by atoms with E-state index in [1.165, 1.54) is 0 Å². The molecule has 1 heterocycles. The summed E-state index contributed by atoms with van der Waals surface area (Å²) in [5, 5.41) is 11.9. The summed E-state index contributed by atoms with van der Waals surface area (Å²) >= 11 is 11.2. The molecule has 2 N–H and O–H groups in total. The minimum atomic E-state index is 0.374. The fourth-order valence-electron chi connectivity index (χ4n) is 1.26. The number of hydrogen-bond acceptors (Lipinski definition) is 2. The molecule has 0 radical (unpaired) electrons. The average molecular weight is 275 g/mol. The van der Waals surface area contributed by atoms with Crippen molar-refractivity contribution in [3.05, 3.63) is 16.9 Å². The van der Waals surface area contributed by atoms with Crippen LogP contribution in [0.25, 0.3) is 0 Å². The Labute approximate surface area is 113 Å². The Morgan fingerprint density at radius 3 is 2.82 bits per heavy atom. The molecule has 17 heavy (non-hydrogen) atoms. The highest BCUT2D eigenvalue weighted by atomic mass is 35.5. The summed E-state index contributed by atoms with van der Waals surface area (Å²) in [5.74, 6) is 0. The fraction of sp³-hybridized carbons (Fsp3) is 0.636. The molecule has 1 atom stereocenters. The Kier molecular flexibility index (Phi) is 5.71. The zero-order valence-electron chi connectivity index (χ0n) is 10.5. The minimum Gasteiger partial charge on any atom is -0.360 e. The van der Waals surface area contributed by atoms with E-state index in [1.54, 1.807) is 0 Å². The molecule has 0 aromatic carbocycles. The lowest BCUT2D eigenvalue weighted by atomic mass is 10.3. The molecule has 0 fully saturated rings. The summed E-state index contributed by atoms with van der Waals surface area (Å²) in [7, 11) is 0. The molecule has 0 aliphatic rings. The van der Waals surface area contributed by atoms with Gasteiger partial charge in [-0.3, -0.25) is 4.68 Å². The summed E-state index contributed by atoms with van der Waals surface area (Å²) < 4.78 is 1.81. The van der Waals surface area contributed by atoms with Crippen LogP contribution in [0.4, 0.5) is 0 Å². The van der Waals surface area contributed by atoms with Crippen molar-refractivity contribution < 1.29 is 0 Å². The lowest BCUT2D eigenvalue weighted by Gasteiger charge is -2.14. The van der Waals surface area contributed by atoms with E-state index in [0.717, 1.165) is 18.7 Å². The van der Waals surface area contributed by atoms with Crippen LogP contribution in [-0.4, -0.2) is 20.9 Å². The molecule has 96 valence electrons. The predicted molar refractivity (Wildman–Crippen MR) is 75.2 cm³/mol. The molecule has 0 amide bonds. The molecule has 6 heteroatoms. The second-order valence-electron chi connectivity index (χ2n) is 3.92. The Bertz CT molecular complexity index is 378. The number of thiocarbonyl (C=S) groups is 1. The molecular formula is C11H19ClN4S. The molecule has 0 saturated heterocycles. The maximum atomic E-state index is 6.05. The Morgan fingerprint density at radius 1 is 1.59 bits per heavy atom. The van der Waals surface area contributed by atoms with Crippen LogP contribution in [-0.2, 0) is 13.1 Å². The number of rotatable bonds is 5. The molecule has 0 bridgehead atoms. The first-order valence-electron chi connectivity index (χ1n) is 5.83. The van der Waals surface area contributed by atoms with Crippen molar-refractivity contribution in [2.24, 2.45) is 0 Å². The molecule has 0 saturated carbocycles. The topological polar surface area (TPSA) is 41.9 Å². The van der Waals surface area contributed by atoms with Gasteiger partial charge in [0, 0.05) is 18.8 Å². The van der Waals surface area contributed by atoms with Crippen LogP contribution < -0.4 is 10.6 Å². The molecule has 0 spiro atoms. The van der Waals surface area contributed by atoms with E-state index in [9.17, 15) is 0 Å². The van der Waals surface area contributed by atoms with Crippen molar-refractivity contribution in [1.82, 2.24) is 20.4 Å². The molecule has 1 aromatic rings. The van der Waals surface area contributed by atoms with Crippen LogP contribution in [0.2, 0.25) is 5.02 Å². The third-order valence-corrected chi connectivity index (χ3v) is 3.10. The van der Waals surface area contributed by atoms with Gasteiger partial charge in [-0.05, 0) is 32.5 Å². The van der Waals surface area contributed by atoms with Gasteiger partial charge in [0.25, 0.3) is 0 Å². The van der Waals surface area contributed by atoms with Crippen molar-refractivity contribution in [2.45, 2.75) is 46.3 Å². The van der Waals surface area contributed by atoms with Gasteiger partial charge in [0.1, 0.15) is 5.69 Å².